The molecule has 0 saturated carbocycles. The van der Waals surface area contributed by atoms with Crippen LogP contribution in [0.4, 0.5) is 5.82 Å². The molecule has 0 unspecified atom stereocenters. The van der Waals surface area contributed by atoms with Crippen molar-refractivity contribution in [3.8, 4) is 0 Å². The second-order valence-electron chi connectivity index (χ2n) is 4.72. The van der Waals surface area contributed by atoms with Crippen LogP contribution in [-0.2, 0) is 16.6 Å². The minimum Gasteiger partial charge on any atom is -0.370 e. The predicted molar refractivity (Wildman–Crippen MR) is 83.6 cm³/mol. The Balaban J connectivity index is 2.07. The van der Waals surface area contributed by atoms with E-state index in [9.17, 15) is 8.42 Å². The van der Waals surface area contributed by atoms with Crippen molar-refractivity contribution >= 4 is 15.8 Å². The van der Waals surface area contributed by atoms with E-state index in [0.717, 1.165) is 17.7 Å². The van der Waals surface area contributed by atoms with Gasteiger partial charge in [-0.1, -0.05) is 29.8 Å². The van der Waals surface area contributed by atoms with Gasteiger partial charge in [0.05, 0.1) is 0 Å². The molecule has 0 aliphatic heterocycles. The number of sulfonamides is 1. The Labute approximate surface area is 125 Å². The van der Waals surface area contributed by atoms with Crippen molar-refractivity contribution in [2.45, 2.75) is 25.3 Å². The summed E-state index contributed by atoms with van der Waals surface area (Å²) in [7, 11) is -3.54. The molecule has 0 bridgehead atoms. The smallest absolute Gasteiger partial charge is 0.242 e. The van der Waals surface area contributed by atoms with Crippen LogP contribution in [0.15, 0.2) is 47.5 Å². The molecule has 0 aliphatic carbocycles. The van der Waals surface area contributed by atoms with E-state index in [1.807, 2.05) is 38.1 Å². The zero-order valence-electron chi connectivity index (χ0n) is 12.1. The van der Waals surface area contributed by atoms with Crippen LogP contribution in [0.25, 0.3) is 0 Å². The second-order valence-corrected chi connectivity index (χ2v) is 6.49. The van der Waals surface area contributed by atoms with Crippen molar-refractivity contribution in [3.63, 3.8) is 0 Å². The fourth-order valence-electron chi connectivity index (χ4n) is 1.91. The number of aromatic nitrogens is 1. The molecule has 0 amide bonds. The van der Waals surface area contributed by atoms with Crippen LogP contribution >= 0.6 is 0 Å². The summed E-state index contributed by atoms with van der Waals surface area (Å²) in [6.45, 7) is 4.93. The third-order valence-electron chi connectivity index (χ3n) is 2.95. The molecular weight excluding hydrogens is 286 g/mol. The molecule has 0 atom stereocenters. The predicted octanol–water partition coefficient (Wildman–Crippen LogP) is 2.30. The van der Waals surface area contributed by atoms with Crippen LogP contribution in [0.3, 0.4) is 0 Å². The van der Waals surface area contributed by atoms with Gasteiger partial charge < -0.3 is 5.32 Å². The van der Waals surface area contributed by atoms with E-state index >= 15 is 0 Å². The lowest BCUT2D eigenvalue weighted by molar-refractivity contribution is 0.581. The number of hydrogen-bond donors (Lipinski definition) is 2. The first kappa shape index (κ1) is 15.5. The molecule has 2 rings (SSSR count). The van der Waals surface area contributed by atoms with Crippen molar-refractivity contribution in [2.24, 2.45) is 0 Å². The topological polar surface area (TPSA) is 71.1 Å². The molecule has 2 aromatic rings. The lowest BCUT2D eigenvalue weighted by atomic mass is 10.1. The first-order chi connectivity index (χ1) is 10.0. The van der Waals surface area contributed by atoms with Gasteiger partial charge in [-0.3, -0.25) is 0 Å². The second kappa shape index (κ2) is 6.69. The molecular formula is C15H19N3O2S. The SMILES string of the molecule is CCNc1ccc(S(=O)(=O)NCc2cccc(C)c2)cn1. The van der Waals surface area contributed by atoms with Crippen molar-refractivity contribution < 1.29 is 8.42 Å². The lowest BCUT2D eigenvalue weighted by Gasteiger charge is -2.08. The maximum absolute atomic E-state index is 12.2. The molecule has 1 heterocycles. The molecule has 0 fully saturated rings. The van der Waals surface area contributed by atoms with Gasteiger partial charge >= 0.3 is 0 Å². The van der Waals surface area contributed by atoms with E-state index in [1.54, 1.807) is 12.1 Å². The van der Waals surface area contributed by atoms with Gasteiger partial charge in [0.15, 0.2) is 0 Å². The summed E-state index contributed by atoms with van der Waals surface area (Å²) in [4.78, 5) is 4.24. The molecule has 0 saturated heterocycles. The number of nitrogens with zero attached hydrogens (tertiary/aromatic N) is 1. The Bertz CT molecular complexity index is 697. The van der Waals surface area contributed by atoms with Gasteiger partial charge in [-0.05, 0) is 31.5 Å². The lowest BCUT2D eigenvalue weighted by Crippen LogP contribution is -2.23. The average Bonchev–Trinajstić information content (AvgIpc) is 2.46. The summed E-state index contributed by atoms with van der Waals surface area (Å²) in [5, 5.41) is 3.02. The van der Waals surface area contributed by atoms with Crippen molar-refractivity contribution in [2.75, 3.05) is 11.9 Å². The summed E-state index contributed by atoms with van der Waals surface area (Å²) in [5.74, 6) is 0.662. The summed E-state index contributed by atoms with van der Waals surface area (Å²) in [6, 6.07) is 10.9. The summed E-state index contributed by atoms with van der Waals surface area (Å²) >= 11 is 0. The Kier molecular flexibility index (Phi) is 4.93. The van der Waals surface area contributed by atoms with Crippen LogP contribution < -0.4 is 10.0 Å². The van der Waals surface area contributed by atoms with E-state index in [2.05, 4.69) is 15.0 Å². The first-order valence-electron chi connectivity index (χ1n) is 6.76. The van der Waals surface area contributed by atoms with Gasteiger partial charge in [0.1, 0.15) is 10.7 Å². The van der Waals surface area contributed by atoms with Crippen LogP contribution in [0, 0.1) is 6.92 Å². The first-order valence-corrected chi connectivity index (χ1v) is 8.25. The van der Waals surface area contributed by atoms with Crippen molar-refractivity contribution in [1.29, 1.82) is 0 Å². The van der Waals surface area contributed by atoms with Crippen LogP contribution in [0.2, 0.25) is 0 Å². The van der Waals surface area contributed by atoms with Crippen LogP contribution in [0.1, 0.15) is 18.1 Å². The molecule has 1 aromatic heterocycles. The number of pyridine rings is 1. The minimum atomic E-state index is -3.54. The molecule has 112 valence electrons. The number of benzene rings is 1. The van der Waals surface area contributed by atoms with E-state index in [4.69, 9.17) is 0 Å². The van der Waals surface area contributed by atoms with E-state index in [0.29, 0.717) is 5.82 Å². The molecule has 6 heteroatoms. The number of anilines is 1. The third-order valence-corrected chi connectivity index (χ3v) is 4.34. The number of aryl methyl sites for hydroxylation is 1. The minimum absolute atomic E-state index is 0.164. The van der Waals surface area contributed by atoms with Gasteiger partial charge in [-0.15, -0.1) is 0 Å². The number of hydrogen-bond acceptors (Lipinski definition) is 4. The molecule has 2 N–H and O–H groups in total. The molecule has 0 spiro atoms. The molecule has 5 nitrogen and oxygen atoms in total. The quantitative estimate of drug-likeness (QED) is 0.859. The molecule has 0 radical (unpaired) electrons. The van der Waals surface area contributed by atoms with Crippen LogP contribution in [-0.4, -0.2) is 19.9 Å². The highest BCUT2D eigenvalue weighted by Gasteiger charge is 2.14. The fraction of sp³-hybridized carbons (Fsp3) is 0.267. The van der Waals surface area contributed by atoms with Crippen molar-refractivity contribution in [1.82, 2.24) is 9.71 Å². The van der Waals surface area contributed by atoms with E-state index < -0.39 is 10.0 Å². The Morgan fingerprint density at radius 2 is 2.00 bits per heavy atom. The monoisotopic (exact) mass is 305 g/mol. The van der Waals surface area contributed by atoms with Gasteiger partial charge in [0, 0.05) is 19.3 Å². The maximum atomic E-state index is 12.2. The van der Waals surface area contributed by atoms with Gasteiger partial charge in [-0.2, -0.15) is 0 Å². The van der Waals surface area contributed by atoms with Crippen LogP contribution in [0.5, 0.6) is 0 Å². The Morgan fingerprint density at radius 1 is 1.19 bits per heavy atom. The molecule has 21 heavy (non-hydrogen) atoms. The average molecular weight is 305 g/mol. The molecule has 0 aliphatic rings. The number of nitrogens with one attached hydrogen (secondary N) is 2. The highest BCUT2D eigenvalue weighted by molar-refractivity contribution is 7.89. The van der Waals surface area contributed by atoms with Gasteiger partial charge in [0.2, 0.25) is 10.0 Å². The summed E-state index contributed by atoms with van der Waals surface area (Å²) in [5.41, 5.74) is 2.03. The van der Waals surface area contributed by atoms with Gasteiger partial charge in [0.25, 0.3) is 0 Å². The van der Waals surface area contributed by atoms with E-state index in [1.165, 1.54) is 6.20 Å². The molecule has 1 aromatic carbocycles. The fourth-order valence-corrected chi connectivity index (χ4v) is 2.87. The highest BCUT2D eigenvalue weighted by atomic mass is 32.2. The Morgan fingerprint density at radius 3 is 2.62 bits per heavy atom. The van der Waals surface area contributed by atoms with E-state index in [-0.39, 0.29) is 11.4 Å². The maximum Gasteiger partial charge on any atom is 0.242 e. The summed E-state index contributed by atoms with van der Waals surface area (Å²) in [6.07, 6.45) is 1.36. The standard InChI is InChI=1S/C15H19N3O2S/c1-3-16-15-8-7-14(11-17-15)21(19,20)18-10-13-6-4-5-12(2)9-13/h4-9,11,18H,3,10H2,1-2H3,(H,16,17). The normalized spacial score (nSPS) is 11.3. The van der Waals surface area contributed by atoms with Gasteiger partial charge in [-0.25, -0.2) is 18.1 Å². The Hall–Kier alpha value is -1.92. The van der Waals surface area contributed by atoms with Crippen molar-refractivity contribution in [3.05, 3.63) is 53.7 Å². The third kappa shape index (κ3) is 4.27. The highest BCUT2D eigenvalue weighted by Crippen LogP contribution is 2.11. The zero-order valence-corrected chi connectivity index (χ0v) is 12.9. The number of rotatable bonds is 6. The largest absolute Gasteiger partial charge is 0.370 e. The zero-order chi connectivity index (χ0) is 15.3. The summed E-state index contributed by atoms with van der Waals surface area (Å²) < 4.78 is 27.0.